The topological polar surface area (TPSA) is 44.7 Å². The van der Waals surface area contributed by atoms with Crippen LogP contribution in [0.5, 0.6) is 0 Å². The van der Waals surface area contributed by atoms with Gasteiger partial charge in [0.2, 0.25) is 0 Å². The highest BCUT2D eigenvalue weighted by Crippen LogP contribution is 2.05. The van der Waals surface area contributed by atoms with Crippen LogP contribution in [0.15, 0.2) is 0 Å². The van der Waals surface area contributed by atoms with Crippen molar-refractivity contribution in [3.8, 4) is 0 Å². The number of morpholine rings is 1. The van der Waals surface area contributed by atoms with Crippen molar-refractivity contribution in [1.82, 2.24) is 10.2 Å². The summed E-state index contributed by atoms with van der Waals surface area (Å²) in [6.45, 7) is 9.41. The van der Waals surface area contributed by atoms with Crippen molar-refractivity contribution in [3.05, 3.63) is 0 Å². The minimum atomic E-state index is -0.267. The maximum atomic E-state index is 10.0. The minimum absolute atomic E-state index is 0.267. The van der Waals surface area contributed by atoms with Crippen LogP contribution in [-0.4, -0.2) is 61.5 Å². The molecule has 1 rings (SSSR count). The van der Waals surface area contributed by atoms with Gasteiger partial charge in [-0.05, 0) is 13.3 Å². The van der Waals surface area contributed by atoms with Crippen LogP contribution in [-0.2, 0) is 4.74 Å². The molecule has 1 heterocycles. The number of rotatable bonds is 10. The van der Waals surface area contributed by atoms with Crippen molar-refractivity contribution in [2.75, 3.05) is 39.4 Å². The van der Waals surface area contributed by atoms with Crippen molar-refractivity contribution in [1.29, 1.82) is 0 Å². The molecule has 0 bridgehead atoms. The summed E-state index contributed by atoms with van der Waals surface area (Å²) >= 11 is 0. The molecule has 1 saturated heterocycles. The molecule has 1 fully saturated rings. The number of ether oxygens (including phenoxy) is 1. The molecule has 2 atom stereocenters. The van der Waals surface area contributed by atoms with Gasteiger partial charge in [-0.2, -0.15) is 0 Å². The SMILES string of the molecule is CCCCCCC(C)NCC(O)CN1CCOCC1. The predicted octanol–water partition coefficient (Wildman–Crippen LogP) is 1.63. The Labute approximate surface area is 118 Å². The Hall–Kier alpha value is -0.160. The first-order chi connectivity index (χ1) is 9.22. The van der Waals surface area contributed by atoms with Crippen molar-refractivity contribution < 1.29 is 9.84 Å². The summed E-state index contributed by atoms with van der Waals surface area (Å²) in [7, 11) is 0. The van der Waals surface area contributed by atoms with Gasteiger partial charge in [-0.3, -0.25) is 4.90 Å². The van der Waals surface area contributed by atoms with Gasteiger partial charge >= 0.3 is 0 Å². The van der Waals surface area contributed by atoms with E-state index in [1.54, 1.807) is 0 Å². The molecule has 0 aromatic carbocycles. The number of aliphatic hydroxyl groups is 1. The number of nitrogens with zero attached hydrogens (tertiary/aromatic N) is 1. The van der Waals surface area contributed by atoms with Crippen molar-refractivity contribution >= 4 is 0 Å². The maximum Gasteiger partial charge on any atom is 0.0791 e. The van der Waals surface area contributed by atoms with Gasteiger partial charge in [0.15, 0.2) is 0 Å². The second-order valence-electron chi connectivity index (χ2n) is 5.73. The van der Waals surface area contributed by atoms with Crippen LogP contribution in [0.1, 0.15) is 46.0 Å². The first-order valence-corrected chi connectivity index (χ1v) is 7.94. The molecular formula is C15H32N2O2. The molecule has 0 spiro atoms. The lowest BCUT2D eigenvalue weighted by Crippen LogP contribution is -2.44. The van der Waals surface area contributed by atoms with Crippen LogP contribution < -0.4 is 5.32 Å². The first kappa shape index (κ1) is 16.9. The van der Waals surface area contributed by atoms with E-state index in [9.17, 15) is 5.11 Å². The Morgan fingerprint density at radius 2 is 1.95 bits per heavy atom. The summed E-state index contributed by atoms with van der Waals surface area (Å²) in [5.74, 6) is 0. The van der Waals surface area contributed by atoms with Gasteiger partial charge < -0.3 is 15.2 Å². The molecule has 2 unspecified atom stereocenters. The van der Waals surface area contributed by atoms with Crippen molar-refractivity contribution in [2.24, 2.45) is 0 Å². The lowest BCUT2D eigenvalue weighted by molar-refractivity contribution is 0.0145. The molecule has 0 aliphatic carbocycles. The average molecular weight is 272 g/mol. The molecule has 2 N–H and O–H groups in total. The Bertz CT molecular complexity index is 208. The lowest BCUT2D eigenvalue weighted by Gasteiger charge is -2.29. The van der Waals surface area contributed by atoms with E-state index in [4.69, 9.17) is 4.74 Å². The Morgan fingerprint density at radius 1 is 1.21 bits per heavy atom. The molecule has 1 aliphatic heterocycles. The van der Waals surface area contributed by atoms with E-state index in [0.717, 1.165) is 32.8 Å². The monoisotopic (exact) mass is 272 g/mol. The Morgan fingerprint density at radius 3 is 2.63 bits per heavy atom. The molecule has 4 nitrogen and oxygen atoms in total. The first-order valence-electron chi connectivity index (χ1n) is 7.94. The predicted molar refractivity (Wildman–Crippen MR) is 79.5 cm³/mol. The van der Waals surface area contributed by atoms with Crippen LogP contribution in [0, 0.1) is 0 Å². The second kappa shape index (κ2) is 10.6. The van der Waals surface area contributed by atoms with Gasteiger partial charge in [-0.15, -0.1) is 0 Å². The van der Waals surface area contributed by atoms with Gasteiger partial charge in [-0.1, -0.05) is 32.6 Å². The van der Waals surface area contributed by atoms with Gasteiger partial charge in [0, 0.05) is 32.2 Å². The Kier molecular flexibility index (Phi) is 9.43. The van der Waals surface area contributed by atoms with Crippen LogP contribution in [0.2, 0.25) is 0 Å². The maximum absolute atomic E-state index is 10.0. The molecule has 0 saturated carbocycles. The van der Waals surface area contributed by atoms with E-state index >= 15 is 0 Å². The number of unbranched alkanes of at least 4 members (excludes halogenated alkanes) is 3. The quantitative estimate of drug-likeness (QED) is 0.593. The third-order valence-electron chi connectivity index (χ3n) is 3.77. The summed E-state index contributed by atoms with van der Waals surface area (Å²) < 4.78 is 5.30. The summed E-state index contributed by atoms with van der Waals surface area (Å²) in [5.41, 5.74) is 0. The third kappa shape index (κ3) is 8.58. The number of aliphatic hydroxyl groups excluding tert-OH is 1. The summed E-state index contributed by atoms with van der Waals surface area (Å²) in [4.78, 5) is 2.28. The van der Waals surface area contributed by atoms with E-state index < -0.39 is 0 Å². The normalized spacial score (nSPS) is 20.4. The van der Waals surface area contributed by atoms with E-state index in [0.29, 0.717) is 12.6 Å². The van der Waals surface area contributed by atoms with Gasteiger partial charge in [0.05, 0.1) is 19.3 Å². The molecule has 0 amide bonds. The van der Waals surface area contributed by atoms with E-state index in [-0.39, 0.29) is 6.10 Å². The summed E-state index contributed by atoms with van der Waals surface area (Å²) in [6.07, 6.45) is 6.20. The largest absolute Gasteiger partial charge is 0.390 e. The summed E-state index contributed by atoms with van der Waals surface area (Å²) in [5, 5.41) is 13.5. The zero-order valence-electron chi connectivity index (χ0n) is 12.7. The zero-order valence-corrected chi connectivity index (χ0v) is 12.7. The Balaban J connectivity index is 2.00. The van der Waals surface area contributed by atoms with Crippen LogP contribution in [0.3, 0.4) is 0 Å². The van der Waals surface area contributed by atoms with E-state index in [2.05, 4.69) is 24.1 Å². The fourth-order valence-corrected chi connectivity index (χ4v) is 2.46. The molecule has 19 heavy (non-hydrogen) atoms. The highest BCUT2D eigenvalue weighted by Gasteiger charge is 2.15. The van der Waals surface area contributed by atoms with E-state index in [1.165, 1.54) is 32.1 Å². The highest BCUT2D eigenvalue weighted by atomic mass is 16.5. The average Bonchev–Trinajstić information content (AvgIpc) is 2.42. The van der Waals surface area contributed by atoms with Crippen LogP contribution >= 0.6 is 0 Å². The minimum Gasteiger partial charge on any atom is -0.390 e. The van der Waals surface area contributed by atoms with Crippen LogP contribution in [0.4, 0.5) is 0 Å². The molecule has 1 aliphatic rings. The van der Waals surface area contributed by atoms with Gasteiger partial charge in [0.1, 0.15) is 0 Å². The lowest BCUT2D eigenvalue weighted by atomic mass is 10.1. The number of nitrogens with one attached hydrogen (secondary N) is 1. The molecule has 0 aromatic rings. The smallest absolute Gasteiger partial charge is 0.0791 e. The number of hydrogen-bond donors (Lipinski definition) is 2. The molecule has 0 radical (unpaired) electrons. The van der Waals surface area contributed by atoms with Crippen molar-refractivity contribution in [2.45, 2.75) is 58.1 Å². The zero-order chi connectivity index (χ0) is 13.9. The van der Waals surface area contributed by atoms with E-state index in [1.807, 2.05) is 0 Å². The van der Waals surface area contributed by atoms with Crippen molar-refractivity contribution in [3.63, 3.8) is 0 Å². The molecule has 114 valence electrons. The highest BCUT2D eigenvalue weighted by molar-refractivity contribution is 4.71. The third-order valence-corrected chi connectivity index (χ3v) is 3.77. The fourth-order valence-electron chi connectivity index (χ4n) is 2.46. The number of β-amino-alcohol motifs (C(OH)–C–C–N with tert-alkyl or cyclic N) is 1. The van der Waals surface area contributed by atoms with Crippen LogP contribution in [0.25, 0.3) is 0 Å². The second-order valence-corrected chi connectivity index (χ2v) is 5.73. The summed E-state index contributed by atoms with van der Waals surface area (Å²) in [6, 6.07) is 0.510. The standard InChI is InChI=1S/C15H32N2O2/c1-3-4-5-6-7-14(2)16-12-15(18)13-17-8-10-19-11-9-17/h14-16,18H,3-13H2,1-2H3. The van der Waals surface area contributed by atoms with Gasteiger partial charge in [-0.25, -0.2) is 0 Å². The molecular weight excluding hydrogens is 240 g/mol. The van der Waals surface area contributed by atoms with Gasteiger partial charge in [0.25, 0.3) is 0 Å². The molecule has 4 heteroatoms. The number of hydrogen-bond acceptors (Lipinski definition) is 4. The molecule has 0 aromatic heterocycles. The fraction of sp³-hybridized carbons (Fsp3) is 1.00.